The largest absolute Gasteiger partial charge is 0.481 e. The normalized spacial score (nSPS) is 23.3. The van der Waals surface area contributed by atoms with E-state index in [0.717, 1.165) is 45.8 Å². The third kappa shape index (κ3) is 4.31. The summed E-state index contributed by atoms with van der Waals surface area (Å²) in [6.45, 7) is 7.61. The summed E-state index contributed by atoms with van der Waals surface area (Å²) in [5.74, 6) is -0.867. The Balaban J connectivity index is 1.83. The van der Waals surface area contributed by atoms with Crippen LogP contribution >= 0.6 is 0 Å². The summed E-state index contributed by atoms with van der Waals surface area (Å²) in [4.78, 5) is 29.0. The van der Waals surface area contributed by atoms with E-state index in [1.165, 1.54) is 0 Å². The molecule has 0 radical (unpaired) electrons. The molecule has 0 spiro atoms. The van der Waals surface area contributed by atoms with E-state index in [4.69, 9.17) is 9.84 Å². The Morgan fingerprint density at radius 1 is 1.29 bits per heavy atom. The molecule has 2 saturated heterocycles. The molecule has 7 heteroatoms. The number of urea groups is 1. The third-order valence-electron chi connectivity index (χ3n) is 4.24. The van der Waals surface area contributed by atoms with Gasteiger partial charge in [0.1, 0.15) is 0 Å². The van der Waals surface area contributed by atoms with Crippen molar-refractivity contribution in [3.63, 3.8) is 0 Å². The molecule has 120 valence electrons. The first-order valence-corrected chi connectivity index (χ1v) is 7.69. The molecule has 2 aliphatic rings. The molecule has 7 nitrogen and oxygen atoms in total. The molecule has 2 heterocycles. The van der Waals surface area contributed by atoms with Crippen LogP contribution in [0.15, 0.2) is 0 Å². The van der Waals surface area contributed by atoms with Crippen molar-refractivity contribution in [3.05, 3.63) is 0 Å². The number of carbonyl (C=O) groups excluding carboxylic acids is 1. The molecule has 2 amide bonds. The molecule has 1 unspecified atom stereocenters. The smallest absolute Gasteiger partial charge is 0.320 e. The fraction of sp³-hybridized carbons (Fsp3) is 0.857. The Bertz CT molecular complexity index is 371. The van der Waals surface area contributed by atoms with Crippen LogP contribution in [0.4, 0.5) is 4.79 Å². The third-order valence-corrected chi connectivity index (χ3v) is 4.24. The number of carboxylic acids is 1. The van der Waals surface area contributed by atoms with Gasteiger partial charge in [-0.25, -0.2) is 4.79 Å². The molecule has 0 bridgehead atoms. The van der Waals surface area contributed by atoms with Gasteiger partial charge in [-0.05, 0) is 13.3 Å². The van der Waals surface area contributed by atoms with Crippen LogP contribution in [-0.4, -0.2) is 90.3 Å². The molecule has 0 saturated carbocycles. The second-order valence-corrected chi connectivity index (χ2v) is 5.54. The number of ether oxygens (including phenoxy) is 1. The molecule has 0 aromatic heterocycles. The topological polar surface area (TPSA) is 73.3 Å². The fourth-order valence-electron chi connectivity index (χ4n) is 2.98. The highest BCUT2D eigenvalue weighted by molar-refractivity contribution is 5.75. The number of hydrogen-bond acceptors (Lipinski definition) is 4. The lowest BCUT2D eigenvalue weighted by molar-refractivity contribution is -0.137. The average Bonchev–Trinajstić information content (AvgIpc) is 2.98. The molecular weight excluding hydrogens is 274 g/mol. The molecule has 21 heavy (non-hydrogen) atoms. The summed E-state index contributed by atoms with van der Waals surface area (Å²) in [6, 6.07) is 0.380. The predicted molar refractivity (Wildman–Crippen MR) is 77.3 cm³/mol. The minimum Gasteiger partial charge on any atom is -0.481 e. The van der Waals surface area contributed by atoms with E-state index < -0.39 is 5.97 Å². The van der Waals surface area contributed by atoms with Crippen molar-refractivity contribution in [1.82, 2.24) is 14.7 Å². The van der Waals surface area contributed by atoms with Crippen LogP contribution in [0.5, 0.6) is 0 Å². The predicted octanol–water partition coefficient (Wildman–Crippen LogP) is 0.310. The zero-order chi connectivity index (χ0) is 15.2. The minimum absolute atomic E-state index is 0.000310. The summed E-state index contributed by atoms with van der Waals surface area (Å²) in [5, 5.41) is 8.75. The maximum Gasteiger partial charge on any atom is 0.320 e. The van der Waals surface area contributed by atoms with Crippen molar-refractivity contribution >= 4 is 12.0 Å². The first kappa shape index (κ1) is 16.0. The molecule has 0 aromatic carbocycles. The van der Waals surface area contributed by atoms with Crippen molar-refractivity contribution in [2.24, 2.45) is 0 Å². The van der Waals surface area contributed by atoms with E-state index in [1.807, 2.05) is 11.8 Å². The van der Waals surface area contributed by atoms with Gasteiger partial charge in [0, 0.05) is 45.3 Å². The summed E-state index contributed by atoms with van der Waals surface area (Å²) in [6.07, 6.45) is 0.989. The van der Waals surface area contributed by atoms with E-state index in [-0.39, 0.29) is 19.0 Å². The van der Waals surface area contributed by atoms with E-state index in [1.54, 1.807) is 4.90 Å². The van der Waals surface area contributed by atoms with E-state index >= 15 is 0 Å². The molecule has 1 atom stereocenters. The highest BCUT2D eigenvalue weighted by Gasteiger charge is 2.32. The van der Waals surface area contributed by atoms with Gasteiger partial charge in [-0.2, -0.15) is 0 Å². The van der Waals surface area contributed by atoms with Gasteiger partial charge in [0.05, 0.1) is 19.6 Å². The second-order valence-electron chi connectivity index (χ2n) is 5.54. The Hall–Kier alpha value is -1.34. The van der Waals surface area contributed by atoms with Gasteiger partial charge in [0.15, 0.2) is 0 Å². The van der Waals surface area contributed by atoms with Crippen LogP contribution in [-0.2, 0) is 9.53 Å². The van der Waals surface area contributed by atoms with Crippen LogP contribution in [0.3, 0.4) is 0 Å². The number of hydrogen-bond donors (Lipinski definition) is 1. The minimum atomic E-state index is -0.867. The maximum absolute atomic E-state index is 12.4. The summed E-state index contributed by atoms with van der Waals surface area (Å²) < 4.78 is 5.36. The van der Waals surface area contributed by atoms with Crippen LogP contribution in [0.2, 0.25) is 0 Å². The number of carbonyl (C=O) groups is 2. The highest BCUT2D eigenvalue weighted by Crippen LogP contribution is 2.18. The zero-order valence-corrected chi connectivity index (χ0v) is 12.7. The van der Waals surface area contributed by atoms with Gasteiger partial charge in [0.2, 0.25) is 0 Å². The SMILES string of the molecule is CCN(CCC(=O)O)C(=O)N1CCC(N2CCOCC2)C1. The van der Waals surface area contributed by atoms with Crippen molar-refractivity contribution < 1.29 is 19.4 Å². The van der Waals surface area contributed by atoms with Crippen molar-refractivity contribution in [2.75, 3.05) is 52.5 Å². The van der Waals surface area contributed by atoms with Crippen LogP contribution in [0.25, 0.3) is 0 Å². The lowest BCUT2D eigenvalue weighted by Gasteiger charge is -2.32. The molecule has 0 aliphatic carbocycles. The number of amides is 2. The van der Waals surface area contributed by atoms with Crippen LogP contribution in [0, 0.1) is 0 Å². The average molecular weight is 299 g/mol. The van der Waals surface area contributed by atoms with Crippen molar-refractivity contribution in [3.8, 4) is 0 Å². The fourth-order valence-corrected chi connectivity index (χ4v) is 2.98. The van der Waals surface area contributed by atoms with Gasteiger partial charge in [-0.15, -0.1) is 0 Å². The Labute approximate surface area is 125 Å². The summed E-state index contributed by atoms with van der Waals surface area (Å²) >= 11 is 0. The summed E-state index contributed by atoms with van der Waals surface area (Å²) in [5.41, 5.74) is 0. The number of nitrogens with zero attached hydrogens (tertiary/aromatic N) is 3. The number of morpholine rings is 1. The molecule has 1 N–H and O–H groups in total. The number of likely N-dealkylation sites (tertiary alicyclic amines) is 1. The van der Waals surface area contributed by atoms with E-state index in [0.29, 0.717) is 12.6 Å². The van der Waals surface area contributed by atoms with E-state index in [9.17, 15) is 9.59 Å². The number of carboxylic acid groups (broad SMARTS) is 1. The first-order valence-electron chi connectivity index (χ1n) is 7.69. The quantitative estimate of drug-likeness (QED) is 0.791. The molecule has 0 aromatic rings. The first-order chi connectivity index (χ1) is 10.1. The lowest BCUT2D eigenvalue weighted by Crippen LogP contribution is -2.47. The van der Waals surface area contributed by atoms with Crippen LogP contribution < -0.4 is 0 Å². The molecule has 2 rings (SSSR count). The standard InChI is InChI=1S/C14H25N3O4/c1-2-15(6-4-13(18)19)14(20)17-5-3-12(11-17)16-7-9-21-10-8-16/h12H,2-11H2,1H3,(H,18,19). The Morgan fingerprint density at radius 3 is 2.62 bits per heavy atom. The van der Waals surface area contributed by atoms with Gasteiger partial charge in [0.25, 0.3) is 0 Å². The maximum atomic E-state index is 12.4. The Kier molecular flexibility index (Phi) is 5.81. The summed E-state index contributed by atoms with van der Waals surface area (Å²) in [7, 11) is 0. The highest BCUT2D eigenvalue weighted by atomic mass is 16.5. The monoisotopic (exact) mass is 299 g/mol. The van der Waals surface area contributed by atoms with E-state index in [2.05, 4.69) is 4.90 Å². The van der Waals surface area contributed by atoms with Crippen molar-refractivity contribution in [2.45, 2.75) is 25.8 Å². The van der Waals surface area contributed by atoms with Gasteiger partial charge in [-0.1, -0.05) is 0 Å². The van der Waals surface area contributed by atoms with Crippen molar-refractivity contribution in [1.29, 1.82) is 0 Å². The zero-order valence-electron chi connectivity index (χ0n) is 12.7. The number of rotatable bonds is 5. The second kappa shape index (κ2) is 7.61. The van der Waals surface area contributed by atoms with Gasteiger partial charge in [-0.3, -0.25) is 9.69 Å². The Morgan fingerprint density at radius 2 is 2.00 bits per heavy atom. The number of aliphatic carboxylic acids is 1. The molecule has 2 fully saturated rings. The molecule has 2 aliphatic heterocycles. The molecular formula is C14H25N3O4. The van der Waals surface area contributed by atoms with Gasteiger partial charge < -0.3 is 19.6 Å². The van der Waals surface area contributed by atoms with Crippen LogP contribution in [0.1, 0.15) is 19.8 Å². The van der Waals surface area contributed by atoms with Gasteiger partial charge >= 0.3 is 12.0 Å². The lowest BCUT2D eigenvalue weighted by atomic mass is 10.2.